The van der Waals surface area contributed by atoms with Gasteiger partial charge in [-0.25, -0.2) is 0 Å². The first-order valence-corrected chi connectivity index (χ1v) is 6.07. The monoisotopic (exact) mass is 221 g/mol. The van der Waals surface area contributed by atoms with Crippen molar-refractivity contribution in [3.05, 3.63) is 35.4 Å². The molecule has 0 aliphatic carbocycles. The third-order valence-electron chi connectivity index (χ3n) is 3.09. The van der Waals surface area contributed by atoms with E-state index in [1.54, 1.807) is 7.11 Å². The summed E-state index contributed by atoms with van der Waals surface area (Å²) in [6, 6.07) is 8.77. The van der Waals surface area contributed by atoms with E-state index in [1.807, 2.05) is 0 Å². The quantitative estimate of drug-likeness (QED) is 0.801. The van der Waals surface area contributed by atoms with Crippen LogP contribution in [-0.4, -0.2) is 19.3 Å². The Bertz CT molecular complexity index is 290. The molecule has 0 amide bonds. The molecular weight excluding hydrogens is 198 g/mol. The molecule has 0 aromatic heterocycles. The first-order valence-electron chi connectivity index (χ1n) is 6.07. The highest BCUT2D eigenvalue weighted by atomic mass is 16.5. The Hall–Kier alpha value is -0.860. The molecule has 0 bridgehead atoms. The van der Waals surface area contributed by atoms with Gasteiger partial charge < -0.3 is 10.5 Å². The maximum absolute atomic E-state index is 6.12. The lowest BCUT2D eigenvalue weighted by Gasteiger charge is -2.21. The minimum absolute atomic E-state index is 0.0856. The standard InChI is InChI=1S/C14H23NO/c1-4-11-6-8-12(9-7-11)10-13(15)14(5-2)16-3/h6-9,13-14H,4-5,10,15H2,1-3H3. The molecule has 2 N–H and O–H groups in total. The molecule has 1 rings (SSSR count). The van der Waals surface area contributed by atoms with E-state index >= 15 is 0 Å². The zero-order valence-electron chi connectivity index (χ0n) is 10.6. The van der Waals surface area contributed by atoms with Crippen LogP contribution in [0.1, 0.15) is 31.4 Å². The van der Waals surface area contributed by atoms with Gasteiger partial charge in [-0.2, -0.15) is 0 Å². The van der Waals surface area contributed by atoms with Crippen LogP contribution in [0.5, 0.6) is 0 Å². The maximum atomic E-state index is 6.12. The van der Waals surface area contributed by atoms with Crippen molar-refractivity contribution in [1.82, 2.24) is 0 Å². The first-order chi connectivity index (χ1) is 7.71. The molecule has 2 unspecified atom stereocenters. The average molecular weight is 221 g/mol. The fourth-order valence-electron chi connectivity index (χ4n) is 1.96. The van der Waals surface area contributed by atoms with E-state index in [2.05, 4.69) is 38.1 Å². The number of aryl methyl sites for hydroxylation is 1. The number of nitrogens with two attached hydrogens (primary N) is 1. The minimum Gasteiger partial charge on any atom is -0.380 e. The van der Waals surface area contributed by atoms with Crippen LogP contribution in [-0.2, 0) is 17.6 Å². The van der Waals surface area contributed by atoms with Gasteiger partial charge in [-0.3, -0.25) is 0 Å². The molecule has 2 heteroatoms. The van der Waals surface area contributed by atoms with Gasteiger partial charge in [0, 0.05) is 13.2 Å². The van der Waals surface area contributed by atoms with E-state index in [4.69, 9.17) is 10.5 Å². The Kier molecular flexibility index (Phi) is 5.50. The van der Waals surface area contributed by atoms with Gasteiger partial charge >= 0.3 is 0 Å². The summed E-state index contributed by atoms with van der Waals surface area (Å²) in [6.07, 6.45) is 3.09. The molecule has 16 heavy (non-hydrogen) atoms. The van der Waals surface area contributed by atoms with Crippen molar-refractivity contribution in [3.8, 4) is 0 Å². The highest BCUT2D eigenvalue weighted by molar-refractivity contribution is 5.23. The van der Waals surface area contributed by atoms with Gasteiger partial charge in [0.15, 0.2) is 0 Å². The van der Waals surface area contributed by atoms with Crippen LogP contribution in [0.25, 0.3) is 0 Å². The Morgan fingerprint density at radius 1 is 1.12 bits per heavy atom. The second-order valence-corrected chi connectivity index (χ2v) is 4.22. The Morgan fingerprint density at radius 2 is 1.69 bits per heavy atom. The molecule has 90 valence electrons. The molecule has 0 aliphatic rings. The Morgan fingerprint density at radius 3 is 2.12 bits per heavy atom. The zero-order valence-corrected chi connectivity index (χ0v) is 10.6. The number of rotatable bonds is 6. The van der Waals surface area contributed by atoms with E-state index in [0.717, 1.165) is 19.3 Å². The summed E-state index contributed by atoms with van der Waals surface area (Å²) in [7, 11) is 1.73. The van der Waals surface area contributed by atoms with Gasteiger partial charge in [0.25, 0.3) is 0 Å². The van der Waals surface area contributed by atoms with Crippen molar-refractivity contribution in [2.45, 2.75) is 45.3 Å². The lowest BCUT2D eigenvalue weighted by Crippen LogP contribution is -2.37. The van der Waals surface area contributed by atoms with Crippen molar-refractivity contribution >= 4 is 0 Å². The van der Waals surface area contributed by atoms with E-state index in [9.17, 15) is 0 Å². The van der Waals surface area contributed by atoms with Crippen molar-refractivity contribution in [2.24, 2.45) is 5.73 Å². The van der Waals surface area contributed by atoms with Crippen molar-refractivity contribution in [1.29, 1.82) is 0 Å². The van der Waals surface area contributed by atoms with Crippen LogP contribution in [0.2, 0.25) is 0 Å². The molecule has 0 spiro atoms. The van der Waals surface area contributed by atoms with E-state index in [1.165, 1.54) is 11.1 Å². The van der Waals surface area contributed by atoms with Crippen LogP contribution in [0.4, 0.5) is 0 Å². The fraction of sp³-hybridized carbons (Fsp3) is 0.571. The molecular formula is C14H23NO. The van der Waals surface area contributed by atoms with E-state index in [-0.39, 0.29) is 12.1 Å². The summed E-state index contributed by atoms with van der Waals surface area (Å²) in [5.74, 6) is 0. The lowest BCUT2D eigenvalue weighted by atomic mass is 9.99. The maximum Gasteiger partial charge on any atom is 0.0722 e. The number of benzene rings is 1. The highest BCUT2D eigenvalue weighted by Gasteiger charge is 2.15. The fourth-order valence-corrected chi connectivity index (χ4v) is 1.96. The molecule has 0 saturated carbocycles. The molecule has 1 aromatic carbocycles. The predicted octanol–water partition coefficient (Wildman–Crippen LogP) is 2.54. The third kappa shape index (κ3) is 3.62. The molecule has 0 fully saturated rings. The highest BCUT2D eigenvalue weighted by Crippen LogP contribution is 2.10. The van der Waals surface area contributed by atoms with Crippen molar-refractivity contribution < 1.29 is 4.74 Å². The largest absolute Gasteiger partial charge is 0.380 e. The second kappa shape index (κ2) is 6.66. The third-order valence-corrected chi connectivity index (χ3v) is 3.09. The summed E-state index contributed by atoms with van der Waals surface area (Å²) < 4.78 is 5.35. The molecule has 2 nitrogen and oxygen atoms in total. The summed E-state index contributed by atoms with van der Waals surface area (Å²) >= 11 is 0. The van der Waals surface area contributed by atoms with Gasteiger partial charge in [0.2, 0.25) is 0 Å². The molecule has 0 saturated heterocycles. The number of hydrogen-bond acceptors (Lipinski definition) is 2. The number of hydrogen-bond donors (Lipinski definition) is 1. The van der Waals surface area contributed by atoms with Gasteiger partial charge in [0.1, 0.15) is 0 Å². The minimum atomic E-state index is 0.0856. The summed E-state index contributed by atoms with van der Waals surface area (Å²) in [5, 5.41) is 0. The zero-order chi connectivity index (χ0) is 12.0. The molecule has 1 aromatic rings. The normalized spacial score (nSPS) is 14.8. The molecule has 0 radical (unpaired) electrons. The second-order valence-electron chi connectivity index (χ2n) is 4.22. The Labute approximate surface area is 98.8 Å². The smallest absolute Gasteiger partial charge is 0.0722 e. The van der Waals surface area contributed by atoms with Crippen LogP contribution in [0, 0.1) is 0 Å². The average Bonchev–Trinajstić information content (AvgIpc) is 2.31. The van der Waals surface area contributed by atoms with Gasteiger partial charge in [-0.15, -0.1) is 0 Å². The van der Waals surface area contributed by atoms with Crippen LogP contribution in [0.3, 0.4) is 0 Å². The van der Waals surface area contributed by atoms with Crippen molar-refractivity contribution in [2.75, 3.05) is 7.11 Å². The van der Waals surface area contributed by atoms with Gasteiger partial charge in [-0.1, -0.05) is 38.1 Å². The summed E-state index contributed by atoms with van der Waals surface area (Å²) in [5.41, 5.74) is 8.78. The van der Waals surface area contributed by atoms with E-state index in [0.29, 0.717) is 0 Å². The van der Waals surface area contributed by atoms with Gasteiger partial charge in [-0.05, 0) is 30.4 Å². The van der Waals surface area contributed by atoms with Crippen LogP contribution >= 0.6 is 0 Å². The molecule has 2 atom stereocenters. The summed E-state index contributed by atoms with van der Waals surface area (Å²) in [4.78, 5) is 0. The SMILES string of the molecule is CCc1ccc(CC(N)C(CC)OC)cc1. The Balaban J connectivity index is 2.58. The number of methoxy groups -OCH3 is 1. The molecule has 0 aliphatic heterocycles. The van der Waals surface area contributed by atoms with Crippen LogP contribution < -0.4 is 5.73 Å². The van der Waals surface area contributed by atoms with Crippen LogP contribution in [0.15, 0.2) is 24.3 Å². The predicted molar refractivity (Wildman–Crippen MR) is 68.6 cm³/mol. The lowest BCUT2D eigenvalue weighted by molar-refractivity contribution is 0.0773. The topological polar surface area (TPSA) is 35.2 Å². The summed E-state index contributed by atoms with van der Waals surface area (Å²) in [6.45, 7) is 4.27. The van der Waals surface area contributed by atoms with Crippen molar-refractivity contribution in [3.63, 3.8) is 0 Å². The first kappa shape index (κ1) is 13.2. The number of ether oxygens (including phenoxy) is 1. The molecule has 0 heterocycles. The van der Waals surface area contributed by atoms with E-state index < -0.39 is 0 Å². The van der Waals surface area contributed by atoms with Gasteiger partial charge in [0.05, 0.1) is 6.10 Å².